The lowest BCUT2D eigenvalue weighted by Gasteiger charge is -2.09. The number of unbranched alkanes of at least 4 members (excludes halogenated alkanes) is 2. The van der Waals surface area contributed by atoms with Crippen LogP contribution in [0.25, 0.3) is 0 Å². The van der Waals surface area contributed by atoms with Crippen molar-refractivity contribution in [3.63, 3.8) is 0 Å². The molecule has 3 heteroatoms. The standard InChI is InChI=1S/C11H21N3/c1-4-5-6-7-11(12)10-8-14(3)13-9(10)2/h8,11H,4-7,12H2,1-3H3. The molecule has 0 aliphatic rings. The molecule has 2 N–H and O–H groups in total. The van der Waals surface area contributed by atoms with E-state index in [0.717, 1.165) is 12.1 Å². The molecular weight excluding hydrogens is 174 g/mol. The molecule has 3 nitrogen and oxygen atoms in total. The maximum Gasteiger partial charge on any atom is 0.0641 e. The predicted octanol–water partition coefficient (Wildman–Crippen LogP) is 2.31. The smallest absolute Gasteiger partial charge is 0.0641 e. The van der Waals surface area contributed by atoms with Gasteiger partial charge in [0.15, 0.2) is 0 Å². The number of nitrogens with zero attached hydrogens (tertiary/aromatic N) is 2. The van der Waals surface area contributed by atoms with Crippen LogP contribution in [0.3, 0.4) is 0 Å². The first-order valence-corrected chi connectivity index (χ1v) is 5.41. The summed E-state index contributed by atoms with van der Waals surface area (Å²) in [6, 6.07) is 0.162. The molecule has 0 aliphatic carbocycles. The molecule has 1 rings (SSSR count). The van der Waals surface area contributed by atoms with Crippen LogP contribution in [0.4, 0.5) is 0 Å². The highest BCUT2D eigenvalue weighted by atomic mass is 15.2. The number of hydrogen-bond donors (Lipinski definition) is 1. The maximum atomic E-state index is 6.10. The first-order valence-electron chi connectivity index (χ1n) is 5.41. The number of nitrogens with two attached hydrogens (primary N) is 1. The first-order chi connectivity index (χ1) is 6.65. The van der Waals surface area contributed by atoms with Crippen molar-refractivity contribution in [1.29, 1.82) is 0 Å². The molecule has 0 fully saturated rings. The van der Waals surface area contributed by atoms with Gasteiger partial charge in [0.05, 0.1) is 5.69 Å². The van der Waals surface area contributed by atoms with Crippen LogP contribution in [0, 0.1) is 6.92 Å². The van der Waals surface area contributed by atoms with Crippen LogP contribution in [-0.4, -0.2) is 9.78 Å². The van der Waals surface area contributed by atoms with E-state index < -0.39 is 0 Å². The van der Waals surface area contributed by atoms with Crippen molar-refractivity contribution in [2.75, 3.05) is 0 Å². The van der Waals surface area contributed by atoms with E-state index in [1.807, 2.05) is 24.9 Å². The van der Waals surface area contributed by atoms with Gasteiger partial charge in [0.2, 0.25) is 0 Å². The second-order valence-electron chi connectivity index (χ2n) is 3.95. The Kier molecular flexibility index (Phi) is 4.14. The second kappa shape index (κ2) is 5.15. The Hall–Kier alpha value is -0.830. The highest BCUT2D eigenvalue weighted by molar-refractivity contribution is 5.19. The van der Waals surface area contributed by atoms with Crippen LogP contribution in [0.2, 0.25) is 0 Å². The molecule has 1 atom stereocenters. The van der Waals surface area contributed by atoms with Gasteiger partial charge in [0, 0.05) is 24.8 Å². The first kappa shape index (κ1) is 11.2. The molecule has 14 heavy (non-hydrogen) atoms. The van der Waals surface area contributed by atoms with Crippen molar-refractivity contribution in [3.05, 3.63) is 17.5 Å². The predicted molar refractivity (Wildman–Crippen MR) is 59.0 cm³/mol. The van der Waals surface area contributed by atoms with E-state index in [2.05, 4.69) is 12.0 Å². The van der Waals surface area contributed by atoms with E-state index in [-0.39, 0.29) is 6.04 Å². The van der Waals surface area contributed by atoms with E-state index in [4.69, 9.17) is 5.73 Å². The Balaban J connectivity index is 2.51. The molecule has 0 aliphatic heterocycles. The highest BCUT2D eigenvalue weighted by Crippen LogP contribution is 2.19. The molecule has 1 aromatic rings. The Labute approximate surface area is 86.3 Å². The summed E-state index contributed by atoms with van der Waals surface area (Å²) in [7, 11) is 1.94. The van der Waals surface area contributed by atoms with E-state index in [1.165, 1.54) is 24.8 Å². The fourth-order valence-electron chi connectivity index (χ4n) is 1.75. The molecular formula is C11H21N3. The van der Waals surface area contributed by atoms with Crippen molar-refractivity contribution in [1.82, 2.24) is 9.78 Å². The molecule has 0 saturated heterocycles. The molecule has 80 valence electrons. The maximum absolute atomic E-state index is 6.10. The molecule has 0 bridgehead atoms. The van der Waals surface area contributed by atoms with Gasteiger partial charge in [-0.25, -0.2) is 0 Å². The zero-order valence-electron chi connectivity index (χ0n) is 9.45. The van der Waals surface area contributed by atoms with E-state index >= 15 is 0 Å². The molecule has 0 amide bonds. The summed E-state index contributed by atoms with van der Waals surface area (Å²) in [5.74, 6) is 0. The van der Waals surface area contributed by atoms with Gasteiger partial charge < -0.3 is 5.73 Å². The topological polar surface area (TPSA) is 43.8 Å². The largest absolute Gasteiger partial charge is 0.324 e. The van der Waals surface area contributed by atoms with Gasteiger partial charge in [-0.3, -0.25) is 4.68 Å². The van der Waals surface area contributed by atoms with Gasteiger partial charge in [0.25, 0.3) is 0 Å². The summed E-state index contributed by atoms with van der Waals surface area (Å²) in [6.45, 7) is 4.23. The van der Waals surface area contributed by atoms with Crippen molar-refractivity contribution in [2.45, 2.75) is 45.6 Å². The molecule has 0 saturated carbocycles. The van der Waals surface area contributed by atoms with E-state index in [9.17, 15) is 0 Å². The minimum absolute atomic E-state index is 0.162. The lowest BCUT2D eigenvalue weighted by atomic mass is 10.0. The normalized spacial score (nSPS) is 13.1. The zero-order chi connectivity index (χ0) is 10.6. The van der Waals surface area contributed by atoms with Gasteiger partial charge in [-0.2, -0.15) is 5.10 Å². The summed E-state index contributed by atoms with van der Waals surface area (Å²) in [4.78, 5) is 0. The molecule has 0 spiro atoms. The van der Waals surface area contributed by atoms with Gasteiger partial charge in [0.1, 0.15) is 0 Å². The van der Waals surface area contributed by atoms with Crippen LogP contribution >= 0.6 is 0 Å². The van der Waals surface area contributed by atoms with Crippen LogP contribution in [0.5, 0.6) is 0 Å². The quantitative estimate of drug-likeness (QED) is 0.733. The van der Waals surface area contributed by atoms with Crippen LogP contribution in [-0.2, 0) is 7.05 Å². The summed E-state index contributed by atoms with van der Waals surface area (Å²) >= 11 is 0. The number of hydrogen-bond acceptors (Lipinski definition) is 2. The Morgan fingerprint density at radius 1 is 1.50 bits per heavy atom. The Bertz CT molecular complexity index is 278. The average molecular weight is 195 g/mol. The minimum atomic E-state index is 0.162. The molecule has 1 aromatic heterocycles. The van der Waals surface area contributed by atoms with Gasteiger partial charge in [-0.15, -0.1) is 0 Å². The number of aromatic nitrogens is 2. The third-order valence-corrected chi connectivity index (χ3v) is 2.57. The summed E-state index contributed by atoms with van der Waals surface area (Å²) in [6.07, 6.45) is 6.84. The molecule has 0 aromatic carbocycles. The van der Waals surface area contributed by atoms with Crippen molar-refractivity contribution >= 4 is 0 Å². The Morgan fingerprint density at radius 2 is 2.21 bits per heavy atom. The lowest BCUT2D eigenvalue weighted by molar-refractivity contribution is 0.579. The van der Waals surface area contributed by atoms with Crippen molar-refractivity contribution in [3.8, 4) is 0 Å². The Morgan fingerprint density at radius 3 is 2.71 bits per heavy atom. The van der Waals surface area contributed by atoms with Crippen LogP contribution in [0.15, 0.2) is 6.20 Å². The minimum Gasteiger partial charge on any atom is -0.324 e. The lowest BCUT2D eigenvalue weighted by Crippen LogP contribution is -2.10. The van der Waals surface area contributed by atoms with Crippen LogP contribution in [0.1, 0.15) is 49.9 Å². The monoisotopic (exact) mass is 195 g/mol. The van der Waals surface area contributed by atoms with Gasteiger partial charge in [-0.1, -0.05) is 26.2 Å². The van der Waals surface area contributed by atoms with Gasteiger partial charge in [-0.05, 0) is 13.3 Å². The third-order valence-electron chi connectivity index (χ3n) is 2.57. The third kappa shape index (κ3) is 2.84. The second-order valence-corrected chi connectivity index (χ2v) is 3.95. The average Bonchev–Trinajstić information content (AvgIpc) is 2.45. The molecule has 0 radical (unpaired) electrons. The highest BCUT2D eigenvalue weighted by Gasteiger charge is 2.11. The van der Waals surface area contributed by atoms with E-state index in [0.29, 0.717) is 0 Å². The molecule has 1 unspecified atom stereocenters. The summed E-state index contributed by atoms with van der Waals surface area (Å²) in [5.41, 5.74) is 8.36. The van der Waals surface area contributed by atoms with Crippen molar-refractivity contribution < 1.29 is 0 Å². The zero-order valence-corrected chi connectivity index (χ0v) is 9.45. The van der Waals surface area contributed by atoms with Gasteiger partial charge >= 0.3 is 0 Å². The van der Waals surface area contributed by atoms with E-state index in [1.54, 1.807) is 0 Å². The molecule has 1 heterocycles. The fraction of sp³-hybridized carbons (Fsp3) is 0.727. The summed E-state index contributed by atoms with van der Waals surface area (Å²) in [5, 5.41) is 4.30. The summed E-state index contributed by atoms with van der Waals surface area (Å²) < 4.78 is 1.84. The number of rotatable bonds is 5. The van der Waals surface area contributed by atoms with Crippen LogP contribution < -0.4 is 5.73 Å². The van der Waals surface area contributed by atoms with Crippen molar-refractivity contribution in [2.24, 2.45) is 12.8 Å². The SMILES string of the molecule is CCCCCC(N)c1cn(C)nc1C. The number of aryl methyl sites for hydroxylation is 2. The fourth-order valence-corrected chi connectivity index (χ4v) is 1.75.